The maximum Gasteiger partial charge on any atom is 0.294 e. The highest BCUT2D eigenvalue weighted by molar-refractivity contribution is 8.13. The average molecular weight is 371 g/mol. The summed E-state index contributed by atoms with van der Waals surface area (Å²) in [4.78, 5) is 23.2. The van der Waals surface area contributed by atoms with Gasteiger partial charge >= 0.3 is 0 Å². The molecule has 1 fully saturated rings. The molecular formula is C11H9Cl2FN2O5S. The van der Waals surface area contributed by atoms with Crippen molar-refractivity contribution >= 4 is 48.6 Å². The zero-order chi connectivity index (χ0) is 16.7. The molecule has 0 bridgehead atoms. The van der Waals surface area contributed by atoms with E-state index in [2.05, 4.69) is 0 Å². The first-order valence-electron chi connectivity index (χ1n) is 5.95. The Morgan fingerprint density at radius 2 is 2.09 bits per heavy atom. The van der Waals surface area contributed by atoms with Crippen molar-refractivity contribution in [3.05, 3.63) is 33.1 Å². The van der Waals surface area contributed by atoms with Crippen LogP contribution < -0.4 is 4.90 Å². The number of amides is 1. The van der Waals surface area contributed by atoms with Crippen LogP contribution in [-0.4, -0.2) is 31.5 Å². The van der Waals surface area contributed by atoms with Gasteiger partial charge in [-0.15, -0.1) is 0 Å². The normalized spacial score (nSPS) is 18.8. The van der Waals surface area contributed by atoms with Crippen molar-refractivity contribution in [2.24, 2.45) is 5.92 Å². The van der Waals surface area contributed by atoms with E-state index in [1.807, 2.05) is 0 Å². The van der Waals surface area contributed by atoms with Gasteiger partial charge in [-0.25, -0.2) is 12.8 Å². The van der Waals surface area contributed by atoms with Gasteiger partial charge in [0.05, 0.1) is 10.7 Å². The molecule has 1 aromatic carbocycles. The first-order valence-corrected chi connectivity index (χ1v) is 8.81. The number of nitro benzene ring substituents is 1. The molecule has 11 heteroatoms. The number of nitrogens with zero attached hydrogens (tertiary/aromatic N) is 2. The van der Waals surface area contributed by atoms with Gasteiger partial charge in [0.1, 0.15) is 16.5 Å². The number of carbonyl (C=O) groups excluding carboxylic acids is 1. The van der Waals surface area contributed by atoms with Gasteiger partial charge in [-0.3, -0.25) is 14.9 Å². The molecule has 1 saturated heterocycles. The van der Waals surface area contributed by atoms with E-state index in [1.165, 1.54) is 0 Å². The van der Waals surface area contributed by atoms with Gasteiger partial charge in [0, 0.05) is 35.6 Å². The Balaban J connectivity index is 2.42. The minimum absolute atomic E-state index is 0.144. The highest BCUT2D eigenvalue weighted by Gasteiger charge is 2.38. The van der Waals surface area contributed by atoms with Gasteiger partial charge in [0.15, 0.2) is 0 Å². The number of nitro groups is 1. The first kappa shape index (κ1) is 16.9. The molecule has 1 atom stereocenters. The Bertz CT molecular complexity index is 755. The van der Waals surface area contributed by atoms with Gasteiger partial charge in [0.25, 0.3) is 5.69 Å². The number of anilines is 1. The fourth-order valence-corrected chi connectivity index (χ4v) is 3.91. The van der Waals surface area contributed by atoms with Crippen LogP contribution in [-0.2, 0) is 13.8 Å². The van der Waals surface area contributed by atoms with E-state index in [9.17, 15) is 27.7 Å². The molecule has 2 rings (SSSR count). The van der Waals surface area contributed by atoms with E-state index in [1.54, 1.807) is 0 Å². The Morgan fingerprint density at radius 3 is 2.64 bits per heavy atom. The second-order valence-corrected chi connectivity index (χ2v) is 7.97. The van der Waals surface area contributed by atoms with E-state index >= 15 is 0 Å². The predicted molar refractivity (Wildman–Crippen MR) is 78.2 cm³/mol. The average Bonchev–Trinajstić information content (AvgIpc) is 2.70. The smallest absolute Gasteiger partial charge is 0.294 e. The molecule has 1 aromatic rings. The standard InChI is InChI=1S/C11H9Cl2FN2O5S/c12-10-7(14)1-2-8(16(18)19)11(10)15-4-6(3-9(15)17)5-22(13,20)21/h1-2,6H,3-5H2. The summed E-state index contributed by atoms with van der Waals surface area (Å²) >= 11 is 5.75. The second-order valence-electron chi connectivity index (χ2n) is 4.77. The van der Waals surface area contributed by atoms with Crippen LogP contribution in [0.2, 0.25) is 5.02 Å². The van der Waals surface area contributed by atoms with Crippen LogP contribution in [0.4, 0.5) is 15.8 Å². The van der Waals surface area contributed by atoms with Crippen LogP contribution in [0.3, 0.4) is 0 Å². The zero-order valence-electron chi connectivity index (χ0n) is 10.8. The lowest BCUT2D eigenvalue weighted by molar-refractivity contribution is -0.384. The van der Waals surface area contributed by atoms with Gasteiger partial charge in [-0.05, 0) is 6.07 Å². The number of benzene rings is 1. The van der Waals surface area contributed by atoms with Gasteiger partial charge < -0.3 is 4.90 Å². The molecule has 0 radical (unpaired) electrons. The lowest BCUT2D eigenvalue weighted by atomic mass is 10.1. The third kappa shape index (κ3) is 3.47. The van der Waals surface area contributed by atoms with Gasteiger partial charge in [0.2, 0.25) is 15.0 Å². The van der Waals surface area contributed by atoms with Crippen LogP contribution in [0, 0.1) is 21.8 Å². The van der Waals surface area contributed by atoms with Crippen LogP contribution in [0.1, 0.15) is 6.42 Å². The quantitative estimate of drug-likeness (QED) is 0.460. The van der Waals surface area contributed by atoms with Crippen LogP contribution in [0.15, 0.2) is 12.1 Å². The number of carbonyl (C=O) groups is 1. The minimum Gasteiger partial charge on any atom is -0.305 e. The summed E-state index contributed by atoms with van der Waals surface area (Å²) in [5, 5.41) is 10.5. The van der Waals surface area contributed by atoms with Crippen molar-refractivity contribution in [3.63, 3.8) is 0 Å². The Labute approximate surface area is 134 Å². The van der Waals surface area contributed by atoms with Crippen molar-refractivity contribution in [2.45, 2.75) is 6.42 Å². The van der Waals surface area contributed by atoms with E-state index in [0.717, 1.165) is 17.0 Å². The molecule has 0 aliphatic carbocycles. The molecular weight excluding hydrogens is 362 g/mol. The maximum atomic E-state index is 13.6. The Hall–Kier alpha value is -1.45. The third-order valence-electron chi connectivity index (χ3n) is 3.15. The van der Waals surface area contributed by atoms with Crippen LogP contribution >= 0.6 is 22.3 Å². The fraction of sp³-hybridized carbons (Fsp3) is 0.364. The van der Waals surface area contributed by atoms with Crippen molar-refractivity contribution < 1.29 is 22.5 Å². The van der Waals surface area contributed by atoms with Crippen LogP contribution in [0.5, 0.6) is 0 Å². The molecule has 120 valence electrons. The summed E-state index contributed by atoms with van der Waals surface area (Å²) in [5.74, 6) is -2.60. The highest BCUT2D eigenvalue weighted by atomic mass is 35.7. The maximum absolute atomic E-state index is 13.6. The Kier molecular flexibility index (Phi) is 4.59. The van der Waals surface area contributed by atoms with E-state index in [4.69, 9.17) is 22.3 Å². The molecule has 7 nitrogen and oxygen atoms in total. The summed E-state index contributed by atoms with van der Waals surface area (Å²) in [6.45, 7) is -0.144. The summed E-state index contributed by atoms with van der Waals surface area (Å²) < 4.78 is 35.7. The third-order valence-corrected chi connectivity index (χ3v) is 4.76. The number of rotatable bonds is 4. The zero-order valence-corrected chi connectivity index (χ0v) is 13.2. The summed E-state index contributed by atoms with van der Waals surface area (Å²) in [6, 6.07) is 1.72. The monoisotopic (exact) mass is 370 g/mol. The van der Waals surface area contributed by atoms with E-state index in [0.29, 0.717) is 0 Å². The molecule has 0 N–H and O–H groups in total. The van der Waals surface area contributed by atoms with Gasteiger partial charge in [-0.1, -0.05) is 11.6 Å². The molecule has 0 spiro atoms. The lowest BCUT2D eigenvalue weighted by Gasteiger charge is -2.18. The summed E-state index contributed by atoms with van der Waals surface area (Å²) in [7, 11) is 1.31. The van der Waals surface area contributed by atoms with Gasteiger partial charge in [-0.2, -0.15) is 0 Å². The fourth-order valence-electron chi connectivity index (χ4n) is 2.32. The highest BCUT2D eigenvalue weighted by Crippen LogP contribution is 2.40. The molecule has 0 saturated carbocycles. The summed E-state index contributed by atoms with van der Waals surface area (Å²) in [5.41, 5.74) is -0.903. The molecule has 1 heterocycles. The Morgan fingerprint density at radius 1 is 1.45 bits per heavy atom. The van der Waals surface area contributed by atoms with E-state index in [-0.39, 0.29) is 18.7 Å². The predicted octanol–water partition coefficient (Wildman–Crippen LogP) is 2.31. The SMILES string of the molecule is O=C1CC(CS(=O)(=O)Cl)CN1c1c([N+](=O)[O-])ccc(F)c1Cl. The molecule has 22 heavy (non-hydrogen) atoms. The number of hydrogen-bond donors (Lipinski definition) is 0. The largest absolute Gasteiger partial charge is 0.305 e. The molecule has 0 aromatic heterocycles. The molecule has 1 amide bonds. The number of hydrogen-bond acceptors (Lipinski definition) is 5. The first-order chi connectivity index (χ1) is 10.1. The minimum atomic E-state index is -3.83. The molecule has 1 aliphatic heterocycles. The molecule has 1 aliphatic rings. The van der Waals surface area contributed by atoms with Crippen molar-refractivity contribution in [1.29, 1.82) is 0 Å². The van der Waals surface area contributed by atoms with Crippen molar-refractivity contribution in [3.8, 4) is 0 Å². The van der Waals surface area contributed by atoms with Crippen molar-refractivity contribution in [1.82, 2.24) is 0 Å². The second kappa shape index (κ2) is 5.98. The number of halogens is 3. The topological polar surface area (TPSA) is 97.6 Å². The van der Waals surface area contributed by atoms with Crippen LogP contribution in [0.25, 0.3) is 0 Å². The lowest BCUT2D eigenvalue weighted by Crippen LogP contribution is -2.26. The van der Waals surface area contributed by atoms with Crippen molar-refractivity contribution in [2.75, 3.05) is 17.2 Å². The summed E-state index contributed by atoms with van der Waals surface area (Å²) in [6.07, 6.45) is -0.171. The van der Waals surface area contributed by atoms with E-state index < -0.39 is 48.1 Å². The molecule has 1 unspecified atom stereocenters.